The van der Waals surface area contributed by atoms with Gasteiger partial charge < -0.3 is 29.4 Å². The zero-order valence-electron chi connectivity index (χ0n) is 21.9. The summed E-state index contributed by atoms with van der Waals surface area (Å²) in [6.45, 7) is 0.926. The Morgan fingerprint density at radius 1 is 0.821 bits per heavy atom. The minimum absolute atomic E-state index is 0.178. The van der Waals surface area contributed by atoms with Crippen molar-refractivity contribution >= 4 is 28.6 Å². The Hall–Kier alpha value is -4.41. The Balaban J connectivity index is 1.37. The molecule has 0 aliphatic rings. The van der Waals surface area contributed by atoms with Gasteiger partial charge in [0.05, 0.1) is 33.2 Å². The fraction of sp³-hybridized carbons (Fsp3) is 0.172. The molecule has 1 amide bonds. The van der Waals surface area contributed by atoms with Gasteiger partial charge in [-0.2, -0.15) is 0 Å². The fourth-order valence-electron chi connectivity index (χ4n) is 3.79. The van der Waals surface area contributed by atoms with Crippen LogP contribution in [0.4, 0.5) is 11.4 Å². The van der Waals surface area contributed by atoms with Crippen LogP contribution in [-0.4, -0.2) is 49.9 Å². The van der Waals surface area contributed by atoms with Crippen molar-refractivity contribution in [1.82, 2.24) is 10.3 Å². The molecule has 4 aromatic rings. The van der Waals surface area contributed by atoms with E-state index < -0.39 is 11.4 Å². The normalized spacial score (nSPS) is 11.3. The molecular formula is C29H30N4O5S. The van der Waals surface area contributed by atoms with E-state index in [-0.39, 0.29) is 5.91 Å². The number of methoxy groups -OCH3 is 3. The third-order valence-electron chi connectivity index (χ3n) is 5.79. The highest BCUT2D eigenvalue weighted by Crippen LogP contribution is 2.32. The number of aromatic nitrogens is 1. The summed E-state index contributed by atoms with van der Waals surface area (Å²) in [5, 5.41) is 6.15. The van der Waals surface area contributed by atoms with Crippen LogP contribution in [0.15, 0.2) is 90.1 Å². The first kappa shape index (κ1) is 27.6. The van der Waals surface area contributed by atoms with Crippen molar-refractivity contribution in [2.24, 2.45) is 0 Å². The number of carbonyl (C=O) groups excluding carboxylic acids is 1. The molecule has 0 spiro atoms. The smallest absolute Gasteiger partial charge is 0.251 e. The topological polar surface area (TPSA) is 117 Å². The summed E-state index contributed by atoms with van der Waals surface area (Å²) in [5.74, 6) is 1.58. The van der Waals surface area contributed by atoms with Crippen molar-refractivity contribution < 1.29 is 23.6 Å². The second kappa shape index (κ2) is 13.4. The lowest BCUT2D eigenvalue weighted by Crippen LogP contribution is -2.28. The average molecular weight is 547 g/mol. The summed E-state index contributed by atoms with van der Waals surface area (Å²) in [7, 11) is 4.69. The molecule has 0 aliphatic carbocycles. The molecule has 9 nitrogen and oxygen atoms in total. The lowest BCUT2D eigenvalue weighted by molar-refractivity contribution is 0.0955. The van der Waals surface area contributed by atoms with Crippen LogP contribution in [0, 0.1) is 0 Å². The molecule has 0 saturated heterocycles. The first-order valence-electron chi connectivity index (χ1n) is 12.1. The lowest BCUT2D eigenvalue weighted by Gasteiger charge is -2.16. The van der Waals surface area contributed by atoms with Crippen molar-refractivity contribution in [1.29, 1.82) is 0 Å². The maximum absolute atomic E-state index is 13.3. The van der Waals surface area contributed by atoms with E-state index in [2.05, 4.69) is 20.3 Å². The van der Waals surface area contributed by atoms with Gasteiger partial charge in [-0.1, -0.05) is 18.2 Å². The predicted octanol–water partition coefficient (Wildman–Crippen LogP) is 4.75. The van der Waals surface area contributed by atoms with Gasteiger partial charge in [0.25, 0.3) is 5.91 Å². The summed E-state index contributed by atoms with van der Waals surface area (Å²) < 4.78 is 32.3. The monoisotopic (exact) mass is 546 g/mol. The largest absolute Gasteiger partial charge is 0.588 e. The molecule has 1 aromatic heterocycles. The number of nitrogens with one attached hydrogen (secondary N) is 3. The maximum Gasteiger partial charge on any atom is 0.251 e. The van der Waals surface area contributed by atoms with Gasteiger partial charge in [-0.25, -0.2) is 4.72 Å². The third kappa shape index (κ3) is 7.34. The van der Waals surface area contributed by atoms with E-state index in [4.69, 9.17) is 14.2 Å². The second-order valence-electron chi connectivity index (χ2n) is 8.35. The number of carbonyl (C=O) groups is 1. The van der Waals surface area contributed by atoms with Crippen LogP contribution in [-0.2, 0) is 11.4 Å². The number of pyridine rings is 1. The van der Waals surface area contributed by atoms with Gasteiger partial charge in [0.2, 0.25) is 4.90 Å². The van der Waals surface area contributed by atoms with Gasteiger partial charge in [-0.05, 0) is 54.1 Å². The van der Waals surface area contributed by atoms with Crippen molar-refractivity contribution in [3.63, 3.8) is 0 Å². The molecule has 3 N–H and O–H groups in total. The highest BCUT2D eigenvalue weighted by atomic mass is 32.2. The molecule has 1 atom stereocenters. The molecule has 1 heterocycles. The number of hydrogen-bond acceptors (Lipinski definition) is 8. The van der Waals surface area contributed by atoms with E-state index in [9.17, 15) is 9.35 Å². The van der Waals surface area contributed by atoms with E-state index in [1.165, 1.54) is 0 Å². The van der Waals surface area contributed by atoms with E-state index in [0.717, 1.165) is 16.8 Å². The molecule has 39 heavy (non-hydrogen) atoms. The standard InChI is InChI=1S/C29H30N4O5S/c1-36-25-9-4-6-21(14-25)29(34)32-13-12-31-23-7-5-8-24(17-23)33-39(35)28-16-20(10-11-27(28)38-3)22-15-26(37-2)19-30-18-22/h4-11,14-19,31,33H,12-13H2,1-3H3,(H,32,34). The molecular weight excluding hydrogens is 516 g/mol. The Morgan fingerprint density at radius 3 is 2.41 bits per heavy atom. The second-order valence-corrected chi connectivity index (χ2v) is 9.53. The van der Waals surface area contributed by atoms with Crippen LogP contribution >= 0.6 is 0 Å². The van der Waals surface area contributed by atoms with Crippen LogP contribution in [0.2, 0.25) is 0 Å². The Morgan fingerprint density at radius 2 is 1.62 bits per heavy atom. The molecule has 3 aromatic carbocycles. The number of benzene rings is 3. The summed E-state index contributed by atoms with van der Waals surface area (Å²) >= 11 is -1.60. The van der Waals surface area contributed by atoms with Crippen LogP contribution in [0.1, 0.15) is 10.4 Å². The van der Waals surface area contributed by atoms with E-state index in [1.807, 2.05) is 42.5 Å². The number of amides is 1. The average Bonchev–Trinajstić information content (AvgIpc) is 2.99. The van der Waals surface area contributed by atoms with Crippen molar-refractivity contribution in [3.8, 4) is 28.4 Å². The highest BCUT2D eigenvalue weighted by molar-refractivity contribution is 7.92. The zero-order valence-corrected chi connectivity index (χ0v) is 22.7. The van der Waals surface area contributed by atoms with Crippen LogP contribution in [0.3, 0.4) is 0 Å². The molecule has 0 radical (unpaired) electrons. The van der Waals surface area contributed by atoms with Gasteiger partial charge in [0.15, 0.2) is 5.75 Å². The Kier molecular flexibility index (Phi) is 9.49. The van der Waals surface area contributed by atoms with Crippen LogP contribution in [0.25, 0.3) is 11.1 Å². The third-order valence-corrected chi connectivity index (χ3v) is 6.93. The zero-order chi connectivity index (χ0) is 27.6. The SMILES string of the molecule is COc1cccc(C(=O)NCCNc2cccc(N[S+]([O-])c3cc(-c4cncc(OC)c4)ccc3OC)c2)c1. The molecule has 0 aliphatic heterocycles. The molecule has 0 saturated carbocycles. The quantitative estimate of drug-likeness (QED) is 0.172. The van der Waals surface area contributed by atoms with E-state index >= 15 is 0 Å². The molecule has 1 unspecified atom stereocenters. The number of rotatable bonds is 12. The number of ether oxygens (including phenoxy) is 3. The molecule has 202 valence electrons. The van der Waals surface area contributed by atoms with Crippen LogP contribution in [0.5, 0.6) is 17.2 Å². The van der Waals surface area contributed by atoms with E-state index in [0.29, 0.717) is 46.5 Å². The van der Waals surface area contributed by atoms with Crippen molar-refractivity contribution in [3.05, 3.63) is 90.8 Å². The van der Waals surface area contributed by atoms with Gasteiger partial charge in [0, 0.05) is 42.2 Å². The fourth-order valence-corrected chi connectivity index (χ4v) is 4.81. The first-order valence-corrected chi connectivity index (χ1v) is 13.3. The Labute approximate surface area is 230 Å². The van der Waals surface area contributed by atoms with Gasteiger partial charge in [0.1, 0.15) is 22.9 Å². The molecule has 0 bridgehead atoms. The Bertz CT molecular complexity index is 1420. The molecule has 4 rings (SSSR count). The number of anilines is 2. The molecule has 10 heteroatoms. The summed E-state index contributed by atoms with van der Waals surface area (Å²) in [6.07, 6.45) is 3.35. The van der Waals surface area contributed by atoms with Gasteiger partial charge >= 0.3 is 0 Å². The van der Waals surface area contributed by atoms with Crippen molar-refractivity contribution in [2.45, 2.75) is 4.90 Å². The van der Waals surface area contributed by atoms with Gasteiger partial charge in [-0.3, -0.25) is 9.78 Å². The minimum Gasteiger partial charge on any atom is -0.588 e. The summed E-state index contributed by atoms with van der Waals surface area (Å²) in [4.78, 5) is 17.1. The highest BCUT2D eigenvalue weighted by Gasteiger charge is 2.20. The van der Waals surface area contributed by atoms with E-state index in [1.54, 1.807) is 64.1 Å². The number of nitrogens with zero attached hydrogens (tertiary/aromatic N) is 1. The maximum atomic E-state index is 13.3. The first-order chi connectivity index (χ1) is 19.0. The molecule has 0 fully saturated rings. The minimum atomic E-state index is -1.60. The summed E-state index contributed by atoms with van der Waals surface area (Å²) in [5.41, 5.74) is 3.67. The summed E-state index contributed by atoms with van der Waals surface area (Å²) in [6, 6.07) is 21.8. The lowest BCUT2D eigenvalue weighted by atomic mass is 10.1. The predicted molar refractivity (Wildman–Crippen MR) is 153 cm³/mol. The van der Waals surface area contributed by atoms with Gasteiger partial charge in [-0.15, -0.1) is 0 Å². The van der Waals surface area contributed by atoms with Crippen LogP contribution < -0.4 is 29.6 Å². The number of hydrogen-bond donors (Lipinski definition) is 3. The van der Waals surface area contributed by atoms with Crippen molar-refractivity contribution in [2.75, 3.05) is 44.5 Å².